The number of amides is 1. The number of aryl methyl sites for hydroxylation is 2. The van der Waals surface area contributed by atoms with Crippen molar-refractivity contribution >= 4 is 17.5 Å². The van der Waals surface area contributed by atoms with E-state index in [-0.39, 0.29) is 18.6 Å². The van der Waals surface area contributed by atoms with Crippen molar-refractivity contribution in [3.05, 3.63) is 64.2 Å². The van der Waals surface area contributed by atoms with Gasteiger partial charge in [0.2, 0.25) is 0 Å². The van der Waals surface area contributed by atoms with Gasteiger partial charge in [-0.1, -0.05) is 29.8 Å². The lowest BCUT2D eigenvalue weighted by molar-refractivity contribution is -0.123. The predicted octanol–water partition coefficient (Wildman–Crippen LogP) is 3.44. The predicted molar refractivity (Wildman–Crippen MR) is 118 cm³/mol. The van der Waals surface area contributed by atoms with E-state index in [0.29, 0.717) is 6.54 Å². The number of piperazine rings is 1. The molecule has 6 heteroatoms. The molecule has 156 valence electrons. The van der Waals surface area contributed by atoms with Crippen LogP contribution in [0.5, 0.6) is 5.75 Å². The van der Waals surface area contributed by atoms with Gasteiger partial charge in [0.1, 0.15) is 5.75 Å². The summed E-state index contributed by atoms with van der Waals surface area (Å²) in [5.41, 5.74) is 3.52. The maximum Gasteiger partial charge on any atom is 0.258 e. The van der Waals surface area contributed by atoms with Gasteiger partial charge in [0.15, 0.2) is 6.61 Å². The lowest BCUT2D eigenvalue weighted by Crippen LogP contribution is -2.48. The topological polar surface area (TPSA) is 44.8 Å². The smallest absolute Gasteiger partial charge is 0.258 e. The first-order valence-electron chi connectivity index (χ1n) is 10.1. The third-order valence-electron chi connectivity index (χ3n) is 5.57. The third-order valence-corrected chi connectivity index (χ3v) is 5.83. The number of carbonyl (C=O) groups is 1. The molecule has 1 fully saturated rings. The molecule has 1 atom stereocenters. The number of nitrogens with one attached hydrogen (secondary N) is 1. The average Bonchev–Trinajstić information content (AvgIpc) is 2.71. The molecular weight excluding hydrogens is 386 g/mol. The maximum atomic E-state index is 12.4. The van der Waals surface area contributed by atoms with Crippen LogP contribution in [0.2, 0.25) is 5.02 Å². The highest BCUT2D eigenvalue weighted by Crippen LogP contribution is 2.23. The standard InChI is InChI=1S/C23H30ClN3O2/c1-17-4-9-21(14-18(17)2)29-16-23(28)25-15-22(19-5-7-20(24)8-6-19)27-12-10-26(3)11-13-27/h4-9,14,22H,10-13,15-16H2,1-3H3,(H,25,28)/t22-/m1/s1. The van der Waals surface area contributed by atoms with Gasteiger partial charge in [-0.25, -0.2) is 0 Å². The van der Waals surface area contributed by atoms with Gasteiger partial charge >= 0.3 is 0 Å². The molecule has 0 saturated carbocycles. The second kappa shape index (κ2) is 10.1. The molecule has 29 heavy (non-hydrogen) atoms. The van der Waals surface area contributed by atoms with Crippen LogP contribution in [0.3, 0.4) is 0 Å². The lowest BCUT2D eigenvalue weighted by atomic mass is 10.0. The minimum Gasteiger partial charge on any atom is -0.484 e. The van der Waals surface area contributed by atoms with E-state index in [1.807, 2.05) is 49.4 Å². The van der Waals surface area contributed by atoms with Crippen LogP contribution in [0.25, 0.3) is 0 Å². The van der Waals surface area contributed by atoms with Crippen molar-refractivity contribution in [2.75, 3.05) is 46.4 Å². The number of nitrogens with zero attached hydrogens (tertiary/aromatic N) is 2. The molecule has 1 saturated heterocycles. The monoisotopic (exact) mass is 415 g/mol. The van der Waals surface area contributed by atoms with Crippen molar-refractivity contribution in [3.63, 3.8) is 0 Å². The minimum atomic E-state index is -0.115. The van der Waals surface area contributed by atoms with E-state index in [4.69, 9.17) is 16.3 Å². The highest BCUT2D eigenvalue weighted by Gasteiger charge is 2.24. The first-order chi connectivity index (χ1) is 13.9. The zero-order valence-corrected chi connectivity index (χ0v) is 18.2. The summed E-state index contributed by atoms with van der Waals surface area (Å²) in [6.45, 7) is 8.63. The lowest BCUT2D eigenvalue weighted by Gasteiger charge is -2.38. The molecule has 0 spiro atoms. The van der Waals surface area contributed by atoms with Crippen LogP contribution in [0.4, 0.5) is 0 Å². The summed E-state index contributed by atoms with van der Waals surface area (Å²) >= 11 is 6.06. The number of likely N-dealkylation sites (N-methyl/N-ethyl adjacent to an activating group) is 1. The Kier molecular flexibility index (Phi) is 7.53. The van der Waals surface area contributed by atoms with Crippen molar-refractivity contribution < 1.29 is 9.53 Å². The van der Waals surface area contributed by atoms with Crippen LogP contribution in [-0.4, -0.2) is 62.1 Å². The summed E-state index contributed by atoms with van der Waals surface area (Å²) in [5.74, 6) is 0.605. The number of hydrogen-bond acceptors (Lipinski definition) is 4. The second-order valence-corrected chi connectivity index (χ2v) is 8.18. The molecule has 1 amide bonds. The molecule has 1 aliphatic rings. The van der Waals surface area contributed by atoms with Crippen molar-refractivity contribution in [1.29, 1.82) is 0 Å². The summed E-state index contributed by atoms with van der Waals surface area (Å²) < 4.78 is 5.67. The molecule has 1 heterocycles. The zero-order valence-electron chi connectivity index (χ0n) is 17.5. The number of rotatable bonds is 7. The normalized spacial score (nSPS) is 16.4. The Bertz CT molecular complexity index is 817. The van der Waals surface area contributed by atoms with Crippen LogP contribution in [0, 0.1) is 13.8 Å². The van der Waals surface area contributed by atoms with Crippen LogP contribution >= 0.6 is 11.6 Å². The number of benzene rings is 2. The van der Waals surface area contributed by atoms with Gasteiger partial charge in [0, 0.05) is 37.7 Å². The average molecular weight is 416 g/mol. The number of carbonyl (C=O) groups excluding carboxylic acids is 1. The first kappa shape index (κ1) is 21.6. The van der Waals surface area contributed by atoms with Gasteiger partial charge in [-0.2, -0.15) is 0 Å². The van der Waals surface area contributed by atoms with Gasteiger partial charge < -0.3 is 15.0 Å². The minimum absolute atomic E-state index is 0.0125. The quantitative estimate of drug-likeness (QED) is 0.752. The molecule has 0 aromatic heterocycles. The van der Waals surface area contributed by atoms with Crippen molar-refractivity contribution in [3.8, 4) is 5.75 Å². The SMILES string of the molecule is Cc1ccc(OCC(=O)NC[C@H](c2ccc(Cl)cc2)N2CCN(C)CC2)cc1C. The summed E-state index contributed by atoms with van der Waals surface area (Å²) in [6.07, 6.45) is 0. The molecule has 3 rings (SSSR count). The van der Waals surface area contributed by atoms with Gasteiger partial charge in [-0.15, -0.1) is 0 Å². The van der Waals surface area contributed by atoms with Crippen LogP contribution < -0.4 is 10.1 Å². The highest BCUT2D eigenvalue weighted by molar-refractivity contribution is 6.30. The first-order valence-corrected chi connectivity index (χ1v) is 10.4. The fourth-order valence-electron chi connectivity index (χ4n) is 3.49. The number of hydrogen-bond donors (Lipinski definition) is 1. The summed E-state index contributed by atoms with van der Waals surface area (Å²) in [4.78, 5) is 17.2. The van der Waals surface area contributed by atoms with Gasteiger partial charge in [-0.05, 0) is 61.9 Å². The molecule has 1 N–H and O–H groups in total. The van der Waals surface area contributed by atoms with E-state index in [9.17, 15) is 4.79 Å². The van der Waals surface area contributed by atoms with Crippen LogP contribution in [-0.2, 0) is 4.79 Å². The second-order valence-electron chi connectivity index (χ2n) is 7.75. The maximum absolute atomic E-state index is 12.4. The fourth-order valence-corrected chi connectivity index (χ4v) is 3.62. The van der Waals surface area contributed by atoms with Crippen LogP contribution in [0.1, 0.15) is 22.7 Å². The molecule has 1 aliphatic heterocycles. The molecule has 5 nitrogen and oxygen atoms in total. The van der Waals surface area contributed by atoms with Crippen LogP contribution in [0.15, 0.2) is 42.5 Å². The van der Waals surface area contributed by atoms with Gasteiger partial charge in [0.05, 0.1) is 6.04 Å². The molecular formula is C23H30ClN3O2. The van der Waals surface area contributed by atoms with Gasteiger partial charge in [-0.3, -0.25) is 9.69 Å². The number of halogens is 1. The number of ether oxygens (including phenoxy) is 1. The molecule has 0 radical (unpaired) electrons. The summed E-state index contributed by atoms with van der Waals surface area (Å²) in [7, 11) is 2.14. The zero-order chi connectivity index (χ0) is 20.8. The molecule has 0 unspecified atom stereocenters. The Labute approximate surface area is 178 Å². The van der Waals surface area contributed by atoms with E-state index < -0.39 is 0 Å². The van der Waals surface area contributed by atoms with E-state index in [1.165, 1.54) is 5.56 Å². The van der Waals surface area contributed by atoms with E-state index in [0.717, 1.165) is 48.1 Å². The fraction of sp³-hybridized carbons (Fsp3) is 0.435. The molecule has 0 aliphatic carbocycles. The van der Waals surface area contributed by atoms with Crippen molar-refractivity contribution in [2.45, 2.75) is 19.9 Å². The Morgan fingerprint density at radius 1 is 1.07 bits per heavy atom. The molecule has 0 bridgehead atoms. The Morgan fingerprint density at radius 3 is 2.41 bits per heavy atom. The van der Waals surface area contributed by atoms with Gasteiger partial charge in [0.25, 0.3) is 5.91 Å². The highest BCUT2D eigenvalue weighted by atomic mass is 35.5. The summed E-state index contributed by atoms with van der Waals surface area (Å²) in [5, 5.41) is 3.77. The van der Waals surface area contributed by atoms with Crippen molar-refractivity contribution in [2.24, 2.45) is 0 Å². The van der Waals surface area contributed by atoms with Crippen molar-refractivity contribution in [1.82, 2.24) is 15.1 Å². The molecule has 2 aromatic rings. The Balaban J connectivity index is 1.59. The Morgan fingerprint density at radius 2 is 1.76 bits per heavy atom. The largest absolute Gasteiger partial charge is 0.484 e. The Hall–Kier alpha value is -2.08. The van der Waals surface area contributed by atoms with E-state index in [1.54, 1.807) is 0 Å². The van der Waals surface area contributed by atoms with E-state index >= 15 is 0 Å². The van der Waals surface area contributed by atoms with E-state index in [2.05, 4.69) is 29.1 Å². The third kappa shape index (κ3) is 6.20. The summed E-state index contributed by atoms with van der Waals surface area (Å²) in [6, 6.07) is 13.9. The molecule has 2 aromatic carbocycles.